The first-order valence-corrected chi connectivity index (χ1v) is 6.96. The molecule has 1 amide bonds. The molecule has 1 heterocycles. The lowest BCUT2D eigenvalue weighted by Gasteiger charge is -2.16. The summed E-state index contributed by atoms with van der Waals surface area (Å²) < 4.78 is 5.32. The number of methoxy groups -OCH3 is 1. The van der Waals surface area contributed by atoms with Crippen LogP contribution in [0.2, 0.25) is 0 Å². The first-order chi connectivity index (χ1) is 9.60. The molecule has 20 heavy (non-hydrogen) atoms. The highest BCUT2D eigenvalue weighted by molar-refractivity contribution is 5.96. The van der Waals surface area contributed by atoms with Crippen molar-refractivity contribution >= 4 is 11.6 Å². The van der Waals surface area contributed by atoms with Crippen LogP contribution in [0.3, 0.4) is 0 Å². The largest absolute Gasteiger partial charge is 0.495 e. The number of nitrogens with one attached hydrogen (secondary N) is 2. The number of hydrogen-bond donors (Lipinski definition) is 2. The van der Waals surface area contributed by atoms with E-state index >= 15 is 0 Å². The summed E-state index contributed by atoms with van der Waals surface area (Å²) in [5.74, 6) is 0.710. The number of anilines is 1. The van der Waals surface area contributed by atoms with Crippen molar-refractivity contribution < 1.29 is 9.53 Å². The fourth-order valence-corrected chi connectivity index (χ4v) is 2.44. The molecule has 0 spiro atoms. The molecule has 1 fully saturated rings. The molecule has 1 aliphatic heterocycles. The van der Waals surface area contributed by atoms with Gasteiger partial charge in [-0.05, 0) is 51.2 Å². The number of amides is 1. The third kappa shape index (κ3) is 3.71. The molecule has 1 unspecified atom stereocenters. The predicted molar refractivity (Wildman–Crippen MR) is 80.0 cm³/mol. The number of hydrogen-bond acceptors (Lipinski definition) is 4. The van der Waals surface area contributed by atoms with Gasteiger partial charge in [0.1, 0.15) is 5.75 Å². The van der Waals surface area contributed by atoms with E-state index in [0.29, 0.717) is 5.75 Å². The Hall–Kier alpha value is -1.59. The fraction of sp³-hybridized carbons (Fsp3) is 0.533. The van der Waals surface area contributed by atoms with Crippen molar-refractivity contribution in [1.82, 2.24) is 10.2 Å². The summed E-state index contributed by atoms with van der Waals surface area (Å²) in [7, 11) is 5.65. The highest BCUT2D eigenvalue weighted by Gasteiger charge is 2.22. The molecule has 1 aromatic carbocycles. The van der Waals surface area contributed by atoms with E-state index in [0.717, 1.165) is 37.2 Å². The van der Waals surface area contributed by atoms with Crippen LogP contribution in [-0.4, -0.2) is 44.6 Å². The first kappa shape index (κ1) is 14.8. The lowest BCUT2D eigenvalue weighted by molar-refractivity contribution is -0.117. The monoisotopic (exact) mass is 277 g/mol. The molecule has 110 valence electrons. The van der Waals surface area contributed by atoms with Gasteiger partial charge in [-0.3, -0.25) is 4.79 Å². The summed E-state index contributed by atoms with van der Waals surface area (Å²) in [6, 6.07) is 5.81. The highest BCUT2D eigenvalue weighted by Crippen LogP contribution is 2.26. The van der Waals surface area contributed by atoms with E-state index in [9.17, 15) is 4.79 Å². The second-order valence-corrected chi connectivity index (χ2v) is 5.41. The lowest BCUT2D eigenvalue weighted by atomic mass is 10.1. The van der Waals surface area contributed by atoms with Crippen LogP contribution < -0.4 is 15.4 Å². The smallest absolute Gasteiger partial charge is 0.241 e. The summed E-state index contributed by atoms with van der Waals surface area (Å²) >= 11 is 0. The van der Waals surface area contributed by atoms with Gasteiger partial charge in [0, 0.05) is 6.54 Å². The molecule has 1 saturated heterocycles. The molecule has 0 radical (unpaired) electrons. The van der Waals surface area contributed by atoms with Crippen LogP contribution >= 0.6 is 0 Å². The van der Waals surface area contributed by atoms with Crippen molar-refractivity contribution in [3.63, 3.8) is 0 Å². The van der Waals surface area contributed by atoms with Gasteiger partial charge >= 0.3 is 0 Å². The minimum absolute atomic E-state index is 0.0165. The zero-order chi connectivity index (χ0) is 14.5. The summed E-state index contributed by atoms with van der Waals surface area (Å²) in [6.07, 6.45) is 1.95. The average molecular weight is 277 g/mol. The Morgan fingerprint density at radius 3 is 2.90 bits per heavy atom. The molecule has 0 saturated carbocycles. The zero-order valence-corrected chi connectivity index (χ0v) is 12.4. The molecule has 5 nitrogen and oxygen atoms in total. The van der Waals surface area contributed by atoms with Gasteiger partial charge in [0.2, 0.25) is 5.91 Å². The Kier molecular flexibility index (Phi) is 4.98. The first-order valence-electron chi connectivity index (χ1n) is 6.96. The van der Waals surface area contributed by atoms with Crippen molar-refractivity contribution in [1.29, 1.82) is 0 Å². The van der Waals surface area contributed by atoms with E-state index in [2.05, 4.69) is 15.5 Å². The quantitative estimate of drug-likeness (QED) is 0.855. The average Bonchev–Trinajstić information content (AvgIpc) is 2.92. The Labute approximate surface area is 120 Å². The SMILES string of the molecule is COc1ccc(CN(C)C)cc1NC(=O)C1CCCN1. The van der Waals surface area contributed by atoms with E-state index in [1.807, 2.05) is 32.3 Å². The Morgan fingerprint density at radius 1 is 1.50 bits per heavy atom. The third-order valence-electron chi connectivity index (χ3n) is 3.40. The van der Waals surface area contributed by atoms with E-state index < -0.39 is 0 Å². The van der Waals surface area contributed by atoms with E-state index in [1.54, 1.807) is 7.11 Å². The van der Waals surface area contributed by atoms with Gasteiger partial charge in [-0.15, -0.1) is 0 Å². The molecule has 0 aromatic heterocycles. The normalized spacial score (nSPS) is 18.3. The van der Waals surface area contributed by atoms with Gasteiger partial charge in [0.05, 0.1) is 18.8 Å². The Bertz CT molecular complexity index is 468. The summed E-state index contributed by atoms with van der Waals surface area (Å²) in [5.41, 5.74) is 1.89. The minimum Gasteiger partial charge on any atom is -0.495 e. The Balaban J connectivity index is 2.12. The number of benzene rings is 1. The molecule has 5 heteroatoms. The van der Waals surface area contributed by atoms with Crippen LogP contribution in [0.4, 0.5) is 5.69 Å². The van der Waals surface area contributed by atoms with E-state index in [4.69, 9.17) is 4.74 Å². The lowest BCUT2D eigenvalue weighted by Crippen LogP contribution is -2.35. The number of ether oxygens (including phenoxy) is 1. The van der Waals surface area contributed by atoms with Crippen LogP contribution in [0, 0.1) is 0 Å². The van der Waals surface area contributed by atoms with Crippen molar-refractivity contribution in [3.05, 3.63) is 23.8 Å². The van der Waals surface area contributed by atoms with Gasteiger partial charge in [-0.25, -0.2) is 0 Å². The van der Waals surface area contributed by atoms with Gasteiger partial charge < -0.3 is 20.3 Å². The number of carbonyl (C=O) groups excluding carboxylic acids is 1. The second-order valence-electron chi connectivity index (χ2n) is 5.41. The number of nitrogens with zero attached hydrogens (tertiary/aromatic N) is 1. The van der Waals surface area contributed by atoms with Crippen LogP contribution in [0.5, 0.6) is 5.75 Å². The van der Waals surface area contributed by atoms with Crippen molar-refractivity contribution in [2.75, 3.05) is 33.1 Å². The number of carbonyl (C=O) groups is 1. The predicted octanol–water partition coefficient (Wildman–Crippen LogP) is 1.45. The standard InChI is InChI=1S/C15H23N3O2/c1-18(2)10-11-6-7-14(20-3)13(9-11)17-15(19)12-5-4-8-16-12/h6-7,9,12,16H,4-5,8,10H2,1-3H3,(H,17,19). The van der Waals surface area contributed by atoms with Crippen molar-refractivity contribution in [2.45, 2.75) is 25.4 Å². The minimum atomic E-state index is -0.0859. The van der Waals surface area contributed by atoms with Gasteiger partial charge in [-0.1, -0.05) is 6.07 Å². The maximum atomic E-state index is 12.2. The maximum absolute atomic E-state index is 12.2. The van der Waals surface area contributed by atoms with Crippen LogP contribution in [0.1, 0.15) is 18.4 Å². The topological polar surface area (TPSA) is 53.6 Å². The highest BCUT2D eigenvalue weighted by atomic mass is 16.5. The molecule has 1 aromatic rings. The molecule has 2 rings (SSSR count). The second kappa shape index (κ2) is 6.72. The zero-order valence-electron chi connectivity index (χ0n) is 12.4. The van der Waals surface area contributed by atoms with Crippen LogP contribution in [-0.2, 0) is 11.3 Å². The maximum Gasteiger partial charge on any atom is 0.241 e. The van der Waals surface area contributed by atoms with Gasteiger partial charge in [0.15, 0.2) is 0 Å². The molecule has 2 N–H and O–H groups in total. The third-order valence-corrected chi connectivity index (χ3v) is 3.40. The summed E-state index contributed by atoms with van der Waals surface area (Å²) in [4.78, 5) is 14.3. The molecular weight excluding hydrogens is 254 g/mol. The van der Waals surface area contributed by atoms with E-state index in [-0.39, 0.29) is 11.9 Å². The molecule has 1 aliphatic rings. The van der Waals surface area contributed by atoms with Crippen LogP contribution in [0.25, 0.3) is 0 Å². The number of rotatable bonds is 5. The van der Waals surface area contributed by atoms with Crippen LogP contribution in [0.15, 0.2) is 18.2 Å². The molecular formula is C15H23N3O2. The van der Waals surface area contributed by atoms with E-state index in [1.165, 1.54) is 0 Å². The summed E-state index contributed by atoms with van der Waals surface area (Å²) in [6.45, 7) is 1.74. The fourth-order valence-electron chi connectivity index (χ4n) is 2.44. The van der Waals surface area contributed by atoms with Crippen molar-refractivity contribution in [2.24, 2.45) is 0 Å². The molecule has 1 atom stereocenters. The van der Waals surface area contributed by atoms with Crippen molar-refractivity contribution in [3.8, 4) is 5.75 Å². The van der Waals surface area contributed by atoms with Gasteiger partial charge in [-0.2, -0.15) is 0 Å². The molecule has 0 aliphatic carbocycles. The Morgan fingerprint density at radius 2 is 2.30 bits per heavy atom. The molecule has 0 bridgehead atoms. The van der Waals surface area contributed by atoms with Gasteiger partial charge in [0.25, 0.3) is 0 Å². The summed E-state index contributed by atoms with van der Waals surface area (Å²) in [5, 5.41) is 6.17.